The summed E-state index contributed by atoms with van der Waals surface area (Å²) in [6, 6.07) is 7.19. The fourth-order valence-corrected chi connectivity index (χ4v) is 1.82. The Hall–Kier alpha value is -3.53. The molecule has 2 aromatic carbocycles. The molecule has 0 atom stereocenters. The van der Waals surface area contributed by atoms with Gasteiger partial charge in [0.15, 0.2) is 0 Å². The van der Waals surface area contributed by atoms with Crippen LogP contribution in [-0.4, -0.2) is 36.3 Å². The number of anilines is 2. The fraction of sp³-hybridized carbons (Fsp3) is 0.176. The van der Waals surface area contributed by atoms with E-state index in [2.05, 4.69) is 0 Å². The van der Waals surface area contributed by atoms with Gasteiger partial charge in [-0.1, -0.05) is 0 Å². The Morgan fingerprint density at radius 3 is 1.66 bits per heavy atom. The summed E-state index contributed by atoms with van der Waals surface area (Å²) in [6.45, 7) is 0. The van der Waals surface area contributed by atoms with Gasteiger partial charge in [0.05, 0.1) is 22.5 Å². The maximum absolute atomic E-state index is 12.8. The number of nitrogens with zero attached hydrogens (tertiary/aromatic N) is 4. The van der Waals surface area contributed by atoms with E-state index < -0.39 is 21.4 Å². The molecule has 0 aliphatic carbocycles. The Morgan fingerprint density at radius 2 is 1.31 bits per heavy atom. The third kappa shape index (κ3) is 9.52. The van der Waals surface area contributed by atoms with Crippen LogP contribution >= 0.6 is 0 Å². The summed E-state index contributed by atoms with van der Waals surface area (Å²) in [6.07, 6.45) is 0. The van der Waals surface area contributed by atoms with E-state index in [1.165, 1.54) is 19.2 Å². The van der Waals surface area contributed by atoms with Crippen LogP contribution in [0.5, 0.6) is 5.75 Å². The van der Waals surface area contributed by atoms with E-state index in [1.807, 2.05) is 0 Å². The van der Waals surface area contributed by atoms with Gasteiger partial charge < -0.3 is 26.4 Å². The Balaban J connectivity index is -0.000000443. The number of nitro groups is 2. The van der Waals surface area contributed by atoms with Crippen molar-refractivity contribution in [3.63, 3.8) is 0 Å². The number of ether oxygens (including phenoxy) is 1. The van der Waals surface area contributed by atoms with Gasteiger partial charge in [0.2, 0.25) is 0 Å². The van der Waals surface area contributed by atoms with Crippen molar-refractivity contribution in [1.29, 1.82) is 10.5 Å². The van der Waals surface area contributed by atoms with E-state index in [-0.39, 0.29) is 63.5 Å². The molecule has 0 heterocycles. The molecule has 0 aliphatic rings. The van der Waals surface area contributed by atoms with E-state index in [1.54, 1.807) is 6.07 Å². The van der Waals surface area contributed by atoms with Crippen molar-refractivity contribution in [2.24, 2.45) is 0 Å². The van der Waals surface area contributed by atoms with Crippen LogP contribution in [0.15, 0.2) is 24.3 Å². The predicted octanol–water partition coefficient (Wildman–Crippen LogP) is -2.17. The summed E-state index contributed by atoms with van der Waals surface area (Å²) >= 11 is 0. The SMILES string of the molecule is CO.COc1cc(N)c([N+](=O)[O-])cc1C#N.C[O-].N#Cc1cc([N+](=O)[O-])c(N)cc1F.[Na+]. The number of hydrogen-bond acceptors (Lipinski definition) is 11. The van der Waals surface area contributed by atoms with Crippen LogP contribution in [0.1, 0.15) is 11.1 Å². The molecule has 166 valence electrons. The molecule has 0 saturated carbocycles. The molecule has 13 nitrogen and oxygen atoms in total. The van der Waals surface area contributed by atoms with E-state index in [4.69, 9.17) is 36.9 Å². The molecule has 0 unspecified atom stereocenters. The summed E-state index contributed by atoms with van der Waals surface area (Å²) in [4.78, 5) is 19.3. The third-order valence-corrected chi connectivity index (χ3v) is 3.10. The number of nitriles is 2. The minimum atomic E-state index is -0.856. The predicted molar refractivity (Wildman–Crippen MR) is 105 cm³/mol. The van der Waals surface area contributed by atoms with Crippen LogP contribution in [-0.2, 0) is 0 Å². The molecule has 32 heavy (non-hydrogen) atoms. The van der Waals surface area contributed by atoms with Gasteiger partial charge in [0.1, 0.15) is 40.6 Å². The second-order valence-corrected chi connectivity index (χ2v) is 4.74. The first-order valence-corrected chi connectivity index (χ1v) is 7.67. The Labute approximate surface area is 203 Å². The molecule has 5 N–H and O–H groups in total. The molecular weight excluding hydrogens is 442 g/mol. The van der Waals surface area contributed by atoms with E-state index in [9.17, 15) is 24.6 Å². The van der Waals surface area contributed by atoms with Gasteiger partial charge in [-0.15, -0.1) is 0 Å². The van der Waals surface area contributed by atoms with Crippen LogP contribution in [0.4, 0.5) is 27.1 Å². The monoisotopic (exact) mass is 460 g/mol. The van der Waals surface area contributed by atoms with Gasteiger partial charge >= 0.3 is 29.6 Å². The van der Waals surface area contributed by atoms with Crippen LogP contribution in [0.3, 0.4) is 0 Å². The van der Waals surface area contributed by atoms with Crippen molar-refractivity contribution in [3.8, 4) is 17.9 Å². The average molecular weight is 460 g/mol. The topological polar surface area (TPSA) is 238 Å². The van der Waals surface area contributed by atoms with Crippen molar-refractivity contribution < 1.29 is 58.7 Å². The second-order valence-electron chi connectivity index (χ2n) is 4.74. The zero-order chi connectivity index (χ0) is 24.7. The summed E-state index contributed by atoms with van der Waals surface area (Å²) in [7, 11) is 3.11. The molecule has 0 amide bonds. The molecule has 0 spiro atoms. The van der Waals surface area contributed by atoms with Gasteiger partial charge in [-0.3, -0.25) is 20.2 Å². The maximum atomic E-state index is 12.8. The molecule has 0 fully saturated rings. The number of halogens is 1. The van der Waals surface area contributed by atoms with Gasteiger partial charge in [-0.05, 0) is 0 Å². The number of nitrogen functional groups attached to an aromatic ring is 2. The number of hydrogen-bond donors (Lipinski definition) is 3. The molecule has 0 saturated heterocycles. The van der Waals surface area contributed by atoms with Gasteiger partial charge in [-0.25, -0.2) is 4.39 Å². The first-order chi connectivity index (χ1) is 14.7. The number of nitrogens with two attached hydrogens (primary N) is 2. The summed E-state index contributed by atoms with van der Waals surface area (Å²) < 4.78 is 17.6. The van der Waals surface area contributed by atoms with E-state index in [0.717, 1.165) is 32.4 Å². The van der Waals surface area contributed by atoms with Gasteiger partial charge in [0.25, 0.3) is 11.4 Å². The maximum Gasteiger partial charge on any atom is 1.00 e. The molecule has 15 heteroatoms. The summed E-state index contributed by atoms with van der Waals surface area (Å²) in [5.41, 5.74) is 9.19. The van der Waals surface area contributed by atoms with Crippen LogP contribution in [0.25, 0.3) is 0 Å². The largest absolute Gasteiger partial charge is 1.00 e. The number of methoxy groups -OCH3 is 1. The van der Waals surface area contributed by atoms with Crippen molar-refractivity contribution >= 4 is 22.7 Å². The Bertz CT molecular complexity index is 1010. The number of nitro benzene ring substituents is 2. The quantitative estimate of drug-likeness (QED) is 0.193. The average Bonchev–Trinajstić information content (AvgIpc) is 2.76. The van der Waals surface area contributed by atoms with Crippen molar-refractivity contribution in [3.05, 3.63) is 61.4 Å². The molecule has 0 bridgehead atoms. The van der Waals surface area contributed by atoms with E-state index >= 15 is 0 Å². The third-order valence-electron chi connectivity index (χ3n) is 3.10. The number of rotatable bonds is 3. The summed E-state index contributed by atoms with van der Waals surface area (Å²) in [5, 5.41) is 53.0. The minimum Gasteiger partial charge on any atom is -0.857 e. The number of aliphatic hydroxyl groups excluding tert-OH is 1. The zero-order valence-electron chi connectivity index (χ0n) is 17.5. The van der Waals surface area contributed by atoms with Crippen LogP contribution < -0.4 is 50.9 Å². The molecule has 0 aliphatic heterocycles. The smallest absolute Gasteiger partial charge is 0.857 e. The second kappa shape index (κ2) is 17.2. The normalized spacial score (nSPS) is 8.12. The minimum absolute atomic E-state index is 0. The molecule has 0 radical (unpaired) electrons. The standard InChI is InChI=1S/C8H7N3O3.C7H4FN3O2.CH4O.CH3O.Na/c1-14-8-3-6(10)7(11(12)13)2-5(8)4-9;8-5-2-6(10)7(11(12)13)1-4(5)3-9;2*1-2;/h2-3H,10H2,1H3;1-2H,10H2;2H,1H3;1H3;/q;;;-1;+1. The van der Waals surface area contributed by atoms with Crippen molar-refractivity contribution in [1.82, 2.24) is 0 Å². The Kier molecular flexibility index (Phi) is 17.8. The van der Waals surface area contributed by atoms with Crippen LogP contribution in [0, 0.1) is 48.7 Å². The van der Waals surface area contributed by atoms with Gasteiger partial charge in [0, 0.05) is 31.4 Å². The molecule has 2 aromatic rings. The molecular formula is C17H18FN6NaO7. The molecule has 0 aromatic heterocycles. The van der Waals surface area contributed by atoms with Crippen molar-refractivity contribution in [2.45, 2.75) is 0 Å². The van der Waals surface area contributed by atoms with Crippen molar-refractivity contribution in [2.75, 3.05) is 32.8 Å². The molecule has 2 rings (SSSR count). The summed E-state index contributed by atoms with van der Waals surface area (Å²) in [5.74, 6) is -0.624. The number of benzene rings is 2. The van der Waals surface area contributed by atoms with Gasteiger partial charge in [-0.2, -0.15) is 17.6 Å². The fourth-order valence-electron chi connectivity index (χ4n) is 1.82. The first kappa shape index (κ1) is 33.1. The first-order valence-electron chi connectivity index (χ1n) is 7.67. The number of aliphatic hydroxyl groups is 1. The van der Waals surface area contributed by atoms with E-state index in [0.29, 0.717) is 0 Å². The Morgan fingerprint density at radius 1 is 0.938 bits per heavy atom. The zero-order valence-corrected chi connectivity index (χ0v) is 19.5. The van der Waals surface area contributed by atoms with Crippen LogP contribution in [0.2, 0.25) is 0 Å².